The van der Waals surface area contributed by atoms with Gasteiger partial charge in [-0.15, -0.1) is 10.2 Å². The second-order valence-corrected chi connectivity index (χ2v) is 5.84. The first-order valence-electron chi connectivity index (χ1n) is 7.87. The van der Waals surface area contributed by atoms with Gasteiger partial charge in [0.15, 0.2) is 0 Å². The van der Waals surface area contributed by atoms with Crippen LogP contribution in [0.25, 0.3) is 11.5 Å². The molecule has 134 valence electrons. The van der Waals surface area contributed by atoms with E-state index in [1.54, 1.807) is 25.3 Å². The van der Waals surface area contributed by atoms with Gasteiger partial charge in [-0.25, -0.2) is 4.79 Å². The number of carbonyl (C=O) groups is 1. The van der Waals surface area contributed by atoms with Crippen LogP contribution in [-0.4, -0.2) is 23.3 Å². The van der Waals surface area contributed by atoms with Crippen molar-refractivity contribution in [1.82, 2.24) is 20.8 Å². The van der Waals surface area contributed by atoms with E-state index in [9.17, 15) is 4.79 Å². The number of hydrogen-bond donors (Lipinski definition) is 2. The van der Waals surface area contributed by atoms with Crippen molar-refractivity contribution in [3.05, 3.63) is 65.0 Å². The Balaban J connectivity index is 1.52. The highest BCUT2D eigenvalue weighted by Gasteiger charge is 2.10. The molecule has 3 rings (SSSR count). The van der Waals surface area contributed by atoms with Gasteiger partial charge in [-0.1, -0.05) is 29.8 Å². The van der Waals surface area contributed by atoms with E-state index in [1.807, 2.05) is 30.3 Å². The molecule has 0 bridgehead atoms. The van der Waals surface area contributed by atoms with Gasteiger partial charge in [0.2, 0.25) is 11.8 Å². The van der Waals surface area contributed by atoms with Gasteiger partial charge in [-0.05, 0) is 35.9 Å². The second kappa shape index (κ2) is 8.35. The zero-order chi connectivity index (χ0) is 18.4. The van der Waals surface area contributed by atoms with E-state index in [0.717, 1.165) is 11.1 Å². The monoisotopic (exact) mass is 372 g/mol. The molecule has 0 fully saturated rings. The first-order chi connectivity index (χ1) is 12.6. The topological polar surface area (TPSA) is 89.3 Å². The molecule has 1 aromatic heterocycles. The molecular weight excluding hydrogens is 356 g/mol. The van der Waals surface area contributed by atoms with Gasteiger partial charge in [0.1, 0.15) is 5.75 Å². The average molecular weight is 373 g/mol. The lowest BCUT2D eigenvalue weighted by Gasteiger charge is -2.06. The fourth-order valence-corrected chi connectivity index (χ4v) is 2.46. The maximum Gasteiger partial charge on any atom is 0.315 e. The van der Waals surface area contributed by atoms with Crippen molar-refractivity contribution in [2.75, 3.05) is 7.11 Å². The van der Waals surface area contributed by atoms with E-state index in [2.05, 4.69) is 20.8 Å². The van der Waals surface area contributed by atoms with Gasteiger partial charge < -0.3 is 19.8 Å². The van der Waals surface area contributed by atoms with Crippen molar-refractivity contribution in [3.63, 3.8) is 0 Å². The molecule has 1 heterocycles. The molecule has 0 spiro atoms. The summed E-state index contributed by atoms with van der Waals surface area (Å²) in [6, 6.07) is 14.2. The molecular formula is C18H17ClN4O3. The maximum atomic E-state index is 11.9. The highest BCUT2D eigenvalue weighted by molar-refractivity contribution is 6.30. The summed E-state index contributed by atoms with van der Waals surface area (Å²) in [5.74, 6) is 1.36. The zero-order valence-electron chi connectivity index (χ0n) is 14.0. The zero-order valence-corrected chi connectivity index (χ0v) is 14.8. The van der Waals surface area contributed by atoms with Gasteiger partial charge in [0, 0.05) is 17.1 Å². The predicted octanol–water partition coefficient (Wildman–Crippen LogP) is 3.40. The number of ether oxygens (including phenoxy) is 1. The fourth-order valence-electron chi connectivity index (χ4n) is 2.25. The standard InChI is InChI=1S/C18H17ClN4O3/c1-25-15-7-3-5-13(9-15)17-23-22-16(26-17)11-21-18(24)20-10-12-4-2-6-14(19)8-12/h2-9H,10-11H2,1H3,(H2,20,21,24). The molecule has 2 amide bonds. The van der Waals surface area contributed by atoms with Crippen molar-refractivity contribution in [2.45, 2.75) is 13.1 Å². The number of halogens is 1. The summed E-state index contributed by atoms with van der Waals surface area (Å²) in [5, 5.41) is 13.9. The molecule has 8 heteroatoms. The van der Waals surface area contributed by atoms with E-state index in [4.69, 9.17) is 20.8 Å². The number of hydrogen-bond acceptors (Lipinski definition) is 5. The third kappa shape index (κ3) is 4.73. The van der Waals surface area contributed by atoms with E-state index >= 15 is 0 Å². The summed E-state index contributed by atoms with van der Waals surface area (Å²) in [7, 11) is 1.59. The Labute approximate surface area is 155 Å². The molecule has 0 radical (unpaired) electrons. The Morgan fingerprint density at radius 1 is 1.12 bits per heavy atom. The largest absolute Gasteiger partial charge is 0.497 e. The van der Waals surface area contributed by atoms with E-state index in [-0.39, 0.29) is 12.6 Å². The lowest BCUT2D eigenvalue weighted by atomic mass is 10.2. The summed E-state index contributed by atoms with van der Waals surface area (Å²) >= 11 is 5.91. The molecule has 7 nitrogen and oxygen atoms in total. The molecule has 0 aliphatic rings. The number of methoxy groups -OCH3 is 1. The smallest absolute Gasteiger partial charge is 0.315 e. The minimum Gasteiger partial charge on any atom is -0.497 e. The molecule has 26 heavy (non-hydrogen) atoms. The first kappa shape index (κ1) is 17.8. The fraction of sp³-hybridized carbons (Fsp3) is 0.167. The Morgan fingerprint density at radius 3 is 2.73 bits per heavy atom. The van der Waals surface area contributed by atoms with Gasteiger partial charge in [0.05, 0.1) is 13.7 Å². The van der Waals surface area contributed by atoms with Gasteiger partial charge >= 0.3 is 6.03 Å². The third-order valence-electron chi connectivity index (χ3n) is 3.53. The van der Waals surface area contributed by atoms with Crippen molar-refractivity contribution < 1.29 is 13.9 Å². The Morgan fingerprint density at radius 2 is 1.92 bits per heavy atom. The molecule has 2 N–H and O–H groups in total. The number of nitrogens with zero attached hydrogens (tertiary/aromatic N) is 2. The summed E-state index contributed by atoms with van der Waals surface area (Å²) in [6.45, 7) is 0.490. The van der Waals surface area contributed by atoms with Crippen LogP contribution in [0.2, 0.25) is 5.02 Å². The van der Waals surface area contributed by atoms with Crippen LogP contribution >= 0.6 is 11.6 Å². The van der Waals surface area contributed by atoms with Crippen LogP contribution in [0, 0.1) is 0 Å². The normalized spacial score (nSPS) is 10.4. The van der Waals surface area contributed by atoms with Crippen LogP contribution in [0.3, 0.4) is 0 Å². The van der Waals surface area contributed by atoms with Crippen molar-refractivity contribution in [2.24, 2.45) is 0 Å². The first-order valence-corrected chi connectivity index (χ1v) is 8.25. The van der Waals surface area contributed by atoms with Crippen LogP contribution < -0.4 is 15.4 Å². The Bertz CT molecular complexity index is 897. The lowest BCUT2D eigenvalue weighted by molar-refractivity contribution is 0.239. The number of benzene rings is 2. The van der Waals surface area contributed by atoms with Crippen LogP contribution in [0.15, 0.2) is 52.9 Å². The Hall–Kier alpha value is -3.06. The van der Waals surface area contributed by atoms with Gasteiger partial charge in [-0.3, -0.25) is 0 Å². The minimum atomic E-state index is -0.342. The lowest BCUT2D eigenvalue weighted by Crippen LogP contribution is -2.34. The van der Waals surface area contributed by atoms with Crippen LogP contribution in [-0.2, 0) is 13.1 Å². The molecule has 0 aliphatic heterocycles. The molecule has 0 unspecified atom stereocenters. The molecule has 0 saturated heterocycles. The highest BCUT2D eigenvalue weighted by Crippen LogP contribution is 2.22. The SMILES string of the molecule is COc1cccc(-c2nnc(CNC(=O)NCc3cccc(Cl)c3)o2)c1. The molecule has 0 atom stereocenters. The van der Waals surface area contributed by atoms with Gasteiger partial charge in [0.25, 0.3) is 0 Å². The Kier molecular flexibility index (Phi) is 5.70. The maximum absolute atomic E-state index is 11.9. The van der Waals surface area contributed by atoms with Crippen LogP contribution in [0.1, 0.15) is 11.5 Å². The van der Waals surface area contributed by atoms with Crippen LogP contribution in [0.5, 0.6) is 5.75 Å². The molecule has 0 saturated carbocycles. The van der Waals surface area contributed by atoms with Crippen molar-refractivity contribution in [3.8, 4) is 17.2 Å². The van der Waals surface area contributed by atoms with Crippen molar-refractivity contribution >= 4 is 17.6 Å². The van der Waals surface area contributed by atoms with Crippen molar-refractivity contribution in [1.29, 1.82) is 0 Å². The van der Waals surface area contributed by atoms with E-state index in [1.165, 1.54) is 0 Å². The van der Waals surface area contributed by atoms with E-state index < -0.39 is 0 Å². The second-order valence-electron chi connectivity index (χ2n) is 5.40. The summed E-state index contributed by atoms with van der Waals surface area (Å²) in [5.41, 5.74) is 1.65. The predicted molar refractivity (Wildman–Crippen MR) is 96.8 cm³/mol. The third-order valence-corrected chi connectivity index (χ3v) is 3.76. The number of nitrogens with one attached hydrogen (secondary N) is 2. The number of urea groups is 1. The minimum absolute atomic E-state index is 0.123. The molecule has 2 aromatic carbocycles. The summed E-state index contributed by atoms with van der Waals surface area (Å²) in [6.07, 6.45) is 0. The highest BCUT2D eigenvalue weighted by atomic mass is 35.5. The number of carbonyl (C=O) groups excluding carboxylic acids is 1. The summed E-state index contributed by atoms with van der Waals surface area (Å²) in [4.78, 5) is 11.9. The van der Waals surface area contributed by atoms with Gasteiger partial charge in [-0.2, -0.15) is 0 Å². The molecule has 3 aromatic rings. The van der Waals surface area contributed by atoms with E-state index in [0.29, 0.717) is 29.1 Å². The number of rotatable bonds is 6. The van der Waals surface area contributed by atoms with Crippen LogP contribution in [0.4, 0.5) is 4.79 Å². The average Bonchev–Trinajstić information content (AvgIpc) is 3.14. The molecule has 0 aliphatic carbocycles. The number of amides is 2. The quantitative estimate of drug-likeness (QED) is 0.692. The summed E-state index contributed by atoms with van der Waals surface area (Å²) < 4.78 is 10.7. The number of aromatic nitrogens is 2.